The maximum Gasteiger partial charge on any atom is 0.116 e. The molecule has 2 aromatic rings. The van der Waals surface area contributed by atoms with Gasteiger partial charge in [0.25, 0.3) is 0 Å². The summed E-state index contributed by atoms with van der Waals surface area (Å²) in [5.74, 6) is 1.13. The number of nitrogens with zero attached hydrogens (tertiary/aromatic N) is 2. The number of rotatable bonds is 4. The van der Waals surface area contributed by atoms with Gasteiger partial charge in [0.15, 0.2) is 0 Å². The average Bonchev–Trinajstić information content (AvgIpc) is 2.84. The fraction of sp³-hybridized carbons (Fsp3) is 0.444. The van der Waals surface area contributed by atoms with Crippen molar-refractivity contribution >= 4 is 10.8 Å². The highest BCUT2D eigenvalue weighted by atomic mass is 16.3. The second-order valence-corrected chi connectivity index (χ2v) is 6.48. The van der Waals surface area contributed by atoms with Gasteiger partial charge in [-0.3, -0.25) is 0 Å². The maximum absolute atomic E-state index is 9.51. The molecule has 0 saturated carbocycles. The summed E-state index contributed by atoms with van der Waals surface area (Å²) in [7, 11) is 4.41. The molecule has 3 heteroatoms. The first kappa shape index (κ1) is 14.4. The van der Waals surface area contributed by atoms with Crippen LogP contribution in [0.4, 0.5) is 0 Å². The van der Waals surface area contributed by atoms with Gasteiger partial charge in [0, 0.05) is 19.6 Å². The predicted molar refractivity (Wildman–Crippen MR) is 87.6 cm³/mol. The number of benzene rings is 2. The maximum atomic E-state index is 9.51. The van der Waals surface area contributed by atoms with Gasteiger partial charge in [-0.15, -0.1) is 0 Å². The first-order chi connectivity index (χ1) is 10.1. The molecule has 1 saturated heterocycles. The Morgan fingerprint density at radius 3 is 2.71 bits per heavy atom. The van der Waals surface area contributed by atoms with Crippen molar-refractivity contribution in [1.29, 1.82) is 0 Å². The molecule has 1 aliphatic heterocycles. The summed E-state index contributed by atoms with van der Waals surface area (Å²) in [5.41, 5.74) is 1.34. The summed E-state index contributed by atoms with van der Waals surface area (Å²) >= 11 is 0. The Kier molecular flexibility index (Phi) is 4.13. The molecule has 0 spiro atoms. The number of hydrogen-bond acceptors (Lipinski definition) is 3. The minimum atomic E-state index is 0.331. The second kappa shape index (κ2) is 6.04. The molecule has 112 valence electrons. The fourth-order valence-electron chi connectivity index (χ4n) is 3.37. The van der Waals surface area contributed by atoms with Crippen molar-refractivity contribution in [3.05, 3.63) is 42.0 Å². The van der Waals surface area contributed by atoms with Gasteiger partial charge in [0.1, 0.15) is 5.75 Å². The zero-order valence-corrected chi connectivity index (χ0v) is 12.9. The molecular formula is C18H24N2O. The molecule has 2 aromatic carbocycles. The third-order valence-electron chi connectivity index (χ3n) is 4.40. The van der Waals surface area contributed by atoms with Crippen LogP contribution in [0.1, 0.15) is 12.0 Å². The van der Waals surface area contributed by atoms with E-state index in [1.165, 1.54) is 30.5 Å². The average molecular weight is 284 g/mol. The topological polar surface area (TPSA) is 26.7 Å². The van der Waals surface area contributed by atoms with E-state index in [0.29, 0.717) is 5.75 Å². The van der Waals surface area contributed by atoms with Crippen molar-refractivity contribution in [2.75, 3.05) is 33.7 Å². The Balaban J connectivity index is 1.65. The standard InChI is InChI=1S/C18H24N2O/c1-19-8-7-15(12-19)13-20(2)11-14-3-4-17-10-18(21)6-5-16(17)9-14/h3-6,9-10,15,21H,7-8,11-13H2,1-2H3/t15-/m1/s1. The Bertz CT molecular complexity index is 626. The van der Waals surface area contributed by atoms with E-state index in [2.05, 4.69) is 42.1 Å². The Labute approximate surface area is 126 Å². The lowest BCUT2D eigenvalue weighted by molar-refractivity contribution is 0.267. The smallest absolute Gasteiger partial charge is 0.116 e. The van der Waals surface area contributed by atoms with Crippen molar-refractivity contribution in [2.24, 2.45) is 5.92 Å². The van der Waals surface area contributed by atoms with Gasteiger partial charge >= 0.3 is 0 Å². The largest absolute Gasteiger partial charge is 0.508 e. The zero-order valence-electron chi connectivity index (χ0n) is 12.9. The van der Waals surface area contributed by atoms with Gasteiger partial charge in [-0.2, -0.15) is 0 Å². The lowest BCUT2D eigenvalue weighted by Crippen LogP contribution is -2.27. The quantitative estimate of drug-likeness (QED) is 0.935. The van der Waals surface area contributed by atoms with Gasteiger partial charge in [0.05, 0.1) is 0 Å². The SMILES string of the molecule is CN1CC[C@@H](CN(C)Cc2ccc3cc(O)ccc3c2)C1. The molecule has 1 fully saturated rings. The predicted octanol–water partition coefficient (Wildman–Crippen LogP) is 2.93. The zero-order chi connectivity index (χ0) is 14.8. The number of aromatic hydroxyl groups is 1. The molecule has 0 bridgehead atoms. The highest BCUT2D eigenvalue weighted by molar-refractivity contribution is 5.84. The van der Waals surface area contributed by atoms with E-state index >= 15 is 0 Å². The third-order valence-corrected chi connectivity index (χ3v) is 4.40. The van der Waals surface area contributed by atoms with Gasteiger partial charge in [0.2, 0.25) is 0 Å². The van der Waals surface area contributed by atoms with Crippen LogP contribution < -0.4 is 0 Å². The van der Waals surface area contributed by atoms with E-state index in [4.69, 9.17) is 0 Å². The van der Waals surface area contributed by atoms with Crippen LogP contribution in [0, 0.1) is 5.92 Å². The molecule has 21 heavy (non-hydrogen) atoms. The number of fused-ring (bicyclic) bond motifs is 1. The lowest BCUT2D eigenvalue weighted by Gasteiger charge is -2.21. The number of phenolic OH excluding ortho intramolecular Hbond substituents is 1. The van der Waals surface area contributed by atoms with Crippen LogP contribution in [-0.2, 0) is 6.54 Å². The van der Waals surface area contributed by atoms with Crippen molar-refractivity contribution in [1.82, 2.24) is 9.80 Å². The van der Waals surface area contributed by atoms with E-state index in [1.807, 2.05) is 12.1 Å². The molecule has 3 nitrogen and oxygen atoms in total. The molecule has 1 heterocycles. The first-order valence-electron chi connectivity index (χ1n) is 7.69. The molecule has 0 radical (unpaired) electrons. The molecule has 1 atom stereocenters. The first-order valence-corrected chi connectivity index (χ1v) is 7.69. The van der Waals surface area contributed by atoms with E-state index in [0.717, 1.165) is 24.4 Å². The van der Waals surface area contributed by atoms with Gasteiger partial charge in [-0.05, 0) is 67.5 Å². The van der Waals surface area contributed by atoms with Crippen LogP contribution in [0.15, 0.2) is 36.4 Å². The van der Waals surface area contributed by atoms with Crippen LogP contribution in [0.3, 0.4) is 0 Å². The van der Waals surface area contributed by atoms with Crippen molar-refractivity contribution in [3.63, 3.8) is 0 Å². The summed E-state index contributed by atoms with van der Waals surface area (Å²) in [6.45, 7) is 4.61. The van der Waals surface area contributed by atoms with E-state index in [9.17, 15) is 5.11 Å². The summed E-state index contributed by atoms with van der Waals surface area (Å²) in [4.78, 5) is 4.84. The molecule has 0 aromatic heterocycles. The number of likely N-dealkylation sites (tertiary alicyclic amines) is 1. The van der Waals surface area contributed by atoms with Crippen LogP contribution in [0.2, 0.25) is 0 Å². The third kappa shape index (κ3) is 3.55. The summed E-state index contributed by atoms with van der Waals surface area (Å²) in [6, 6.07) is 12.0. The molecular weight excluding hydrogens is 260 g/mol. The fourth-order valence-corrected chi connectivity index (χ4v) is 3.37. The summed E-state index contributed by atoms with van der Waals surface area (Å²) in [5, 5.41) is 11.8. The minimum Gasteiger partial charge on any atom is -0.508 e. The number of hydrogen-bond donors (Lipinski definition) is 1. The van der Waals surface area contributed by atoms with Crippen LogP contribution in [0.25, 0.3) is 10.8 Å². The summed E-state index contributed by atoms with van der Waals surface area (Å²) < 4.78 is 0. The molecule has 3 rings (SSSR count). The van der Waals surface area contributed by atoms with Crippen LogP contribution in [-0.4, -0.2) is 48.6 Å². The molecule has 0 aliphatic carbocycles. The number of phenols is 1. The van der Waals surface area contributed by atoms with Crippen LogP contribution in [0.5, 0.6) is 5.75 Å². The van der Waals surface area contributed by atoms with Crippen molar-refractivity contribution < 1.29 is 5.11 Å². The molecule has 1 N–H and O–H groups in total. The monoisotopic (exact) mass is 284 g/mol. The van der Waals surface area contributed by atoms with E-state index < -0.39 is 0 Å². The minimum absolute atomic E-state index is 0.331. The summed E-state index contributed by atoms with van der Waals surface area (Å²) in [6.07, 6.45) is 1.32. The normalized spacial score (nSPS) is 19.7. The Morgan fingerprint density at radius 1 is 1.19 bits per heavy atom. The van der Waals surface area contributed by atoms with E-state index in [1.54, 1.807) is 6.07 Å². The van der Waals surface area contributed by atoms with Crippen molar-refractivity contribution in [2.45, 2.75) is 13.0 Å². The molecule has 1 aliphatic rings. The van der Waals surface area contributed by atoms with Crippen LogP contribution >= 0.6 is 0 Å². The van der Waals surface area contributed by atoms with Gasteiger partial charge in [-0.25, -0.2) is 0 Å². The van der Waals surface area contributed by atoms with Crippen molar-refractivity contribution in [3.8, 4) is 5.75 Å². The lowest BCUT2D eigenvalue weighted by atomic mass is 10.1. The molecule has 0 unspecified atom stereocenters. The molecule has 0 amide bonds. The van der Waals surface area contributed by atoms with Gasteiger partial charge in [-0.1, -0.05) is 18.2 Å². The second-order valence-electron chi connectivity index (χ2n) is 6.48. The Morgan fingerprint density at radius 2 is 1.95 bits per heavy atom. The van der Waals surface area contributed by atoms with Gasteiger partial charge < -0.3 is 14.9 Å². The Hall–Kier alpha value is -1.58. The highest BCUT2D eigenvalue weighted by Crippen LogP contribution is 2.22. The van der Waals surface area contributed by atoms with E-state index in [-0.39, 0.29) is 0 Å². The highest BCUT2D eigenvalue weighted by Gasteiger charge is 2.20.